The van der Waals surface area contributed by atoms with Crippen molar-refractivity contribution in [3.8, 4) is 17.6 Å². The van der Waals surface area contributed by atoms with Gasteiger partial charge in [-0.05, 0) is 12.1 Å². The lowest BCUT2D eigenvalue weighted by Crippen LogP contribution is -2.08. The molecule has 0 heterocycles. The number of hydrogen-bond donors (Lipinski definition) is 0. The van der Waals surface area contributed by atoms with Gasteiger partial charge in [0.2, 0.25) is 6.10 Å². The zero-order chi connectivity index (χ0) is 14.4. The van der Waals surface area contributed by atoms with Crippen LogP contribution in [0, 0.1) is 11.3 Å². The maximum atomic E-state index is 10.9. The number of benzene rings is 1. The fraction of sp³-hybridized carbons (Fsp3) is 0.308. The third kappa shape index (κ3) is 4.00. The van der Waals surface area contributed by atoms with Crippen LogP contribution in [0.4, 0.5) is 0 Å². The summed E-state index contributed by atoms with van der Waals surface area (Å²) in [5.74, 6) is -0.532. The summed E-state index contributed by atoms with van der Waals surface area (Å²) < 4.78 is 14.8. The van der Waals surface area contributed by atoms with Crippen molar-refractivity contribution in [2.75, 3.05) is 7.11 Å². The van der Waals surface area contributed by atoms with E-state index in [1.807, 2.05) is 6.07 Å². The Balaban J connectivity index is 3.08. The van der Waals surface area contributed by atoms with E-state index in [2.05, 4.69) is 0 Å². The lowest BCUT2D eigenvalue weighted by Gasteiger charge is -2.13. The maximum absolute atomic E-state index is 10.9. The standard InChI is InChI=1S/C13H13NO5/c1-8(15)18-11-5-4-10(6-12(11)17-3)13(7-14)19-9(2)16/h4-6,13H,1-3H3. The van der Waals surface area contributed by atoms with Crippen LogP contribution in [-0.4, -0.2) is 19.0 Å². The molecule has 0 amide bonds. The van der Waals surface area contributed by atoms with Crippen molar-refractivity contribution in [2.24, 2.45) is 0 Å². The fourth-order valence-corrected chi connectivity index (χ4v) is 1.42. The molecule has 6 nitrogen and oxygen atoms in total. The molecule has 0 aliphatic rings. The van der Waals surface area contributed by atoms with Crippen molar-refractivity contribution in [1.82, 2.24) is 0 Å². The van der Waals surface area contributed by atoms with Crippen molar-refractivity contribution in [2.45, 2.75) is 20.0 Å². The quantitative estimate of drug-likeness (QED) is 0.607. The van der Waals surface area contributed by atoms with Crippen molar-refractivity contribution in [1.29, 1.82) is 5.26 Å². The Hall–Kier alpha value is -2.55. The number of rotatable bonds is 4. The lowest BCUT2D eigenvalue weighted by atomic mass is 10.1. The molecule has 100 valence electrons. The maximum Gasteiger partial charge on any atom is 0.308 e. The highest BCUT2D eigenvalue weighted by molar-refractivity contribution is 5.70. The number of esters is 2. The molecule has 0 saturated heterocycles. The minimum Gasteiger partial charge on any atom is -0.493 e. The van der Waals surface area contributed by atoms with E-state index in [1.54, 1.807) is 0 Å². The van der Waals surface area contributed by atoms with Gasteiger partial charge in [-0.25, -0.2) is 0 Å². The smallest absolute Gasteiger partial charge is 0.308 e. The molecule has 1 unspecified atom stereocenters. The summed E-state index contributed by atoms with van der Waals surface area (Å²) in [7, 11) is 1.40. The normalized spacial score (nSPS) is 11.1. The molecule has 6 heteroatoms. The van der Waals surface area contributed by atoms with Gasteiger partial charge in [0.1, 0.15) is 6.07 Å². The van der Waals surface area contributed by atoms with Gasteiger partial charge in [-0.2, -0.15) is 5.26 Å². The summed E-state index contributed by atoms with van der Waals surface area (Å²) in [6, 6.07) is 6.34. The molecule has 1 aromatic rings. The van der Waals surface area contributed by atoms with Gasteiger partial charge in [-0.15, -0.1) is 0 Å². The first kappa shape index (κ1) is 14.5. The summed E-state index contributed by atoms with van der Waals surface area (Å²) in [5.41, 5.74) is 0.436. The first-order chi connectivity index (χ1) is 8.97. The van der Waals surface area contributed by atoms with Crippen LogP contribution in [0.25, 0.3) is 0 Å². The minimum absolute atomic E-state index is 0.235. The second-order valence-corrected chi connectivity index (χ2v) is 3.62. The van der Waals surface area contributed by atoms with E-state index in [0.29, 0.717) is 5.56 Å². The molecule has 0 aromatic heterocycles. The Labute approximate surface area is 110 Å². The van der Waals surface area contributed by atoms with Crippen LogP contribution in [0.3, 0.4) is 0 Å². The Kier molecular flexibility index (Phi) is 4.89. The van der Waals surface area contributed by atoms with Crippen LogP contribution in [0.1, 0.15) is 25.5 Å². The number of carbonyl (C=O) groups is 2. The predicted molar refractivity (Wildman–Crippen MR) is 64.4 cm³/mol. The molecule has 0 radical (unpaired) electrons. The molecule has 19 heavy (non-hydrogen) atoms. The molecule has 1 rings (SSSR count). The van der Waals surface area contributed by atoms with Gasteiger partial charge in [0.25, 0.3) is 0 Å². The summed E-state index contributed by atoms with van der Waals surface area (Å²) in [5, 5.41) is 8.95. The summed E-state index contributed by atoms with van der Waals surface area (Å²) in [6.45, 7) is 2.49. The molecule has 0 spiro atoms. The number of carbonyl (C=O) groups excluding carboxylic acids is 2. The van der Waals surface area contributed by atoms with Crippen molar-refractivity contribution >= 4 is 11.9 Å². The number of methoxy groups -OCH3 is 1. The van der Waals surface area contributed by atoms with Gasteiger partial charge in [-0.3, -0.25) is 9.59 Å². The molecule has 0 bridgehead atoms. The highest BCUT2D eigenvalue weighted by Crippen LogP contribution is 2.31. The second-order valence-electron chi connectivity index (χ2n) is 3.62. The van der Waals surface area contributed by atoms with Gasteiger partial charge in [-0.1, -0.05) is 6.07 Å². The van der Waals surface area contributed by atoms with E-state index in [4.69, 9.17) is 19.5 Å². The monoisotopic (exact) mass is 263 g/mol. The Morgan fingerprint density at radius 2 is 1.89 bits per heavy atom. The average Bonchev–Trinajstić information content (AvgIpc) is 2.35. The van der Waals surface area contributed by atoms with Crippen molar-refractivity contribution in [3.63, 3.8) is 0 Å². The van der Waals surface area contributed by atoms with E-state index >= 15 is 0 Å². The second kappa shape index (κ2) is 6.40. The van der Waals surface area contributed by atoms with Crippen LogP contribution in [0.15, 0.2) is 18.2 Å². The third-order valence-electron chi connectivity index (χ3n) is 2.15. The number of nitriles is 1. The predicted octanol–water partition coefficient (Wildman–Crippen LogP) is 1.75. The number of nitrogens with zero attached hydrogens (tertiary/aromatic N) is 1. The van der Waals surface area contributed by atoms with Gasteiger partial charge in [0, 0.05) is 19.4 Å². The summed E-state index contributed by atoms with van der Waals surface area (Å²) in [4.78, 5) is 21.8. The molecule has 0 aliphatic heterocycles. The number of hydrogen-bond acceptors (Lipinski definition) is 6. The lowest BCUT2D eigenvalue weighted by molar-refractivity contribution is -0.144. The first-order valence-corrected chi connectivity index (χ1v) is 5.41. The van der Waals surface area contributed by atoms with Crippen LogP contribution < -0.4 is 9.47 Å². The molecule has 0 fully saturated rings. The molecule has 0 N–H and O–H groups in total. The van der Waals surface area contributed by atoms with Gasteiger partial charge in [0.15, 0.2) is 11.5 Å². The van der Waals surface area contributed by atoms with E-state index in [1.165, 1.54) is 39.2 Å². The largest absolute Gasteiger partial charge is 0.493 e. The zero-order valence-corrected chi connectivity index (χ0v) is 10.8. The van der Waals surface area contributed by atoms with Crippen molar-refractivity contribution in [3.05, 3.63) is 23.8 Å². The first-order valence-electron chi connectivity index (χ1n) is 5.41. The summed E-state index contributed by atoms with van der Waals surface area (Å²) in [6.07, 6.45) is -1.03. The van der Waals surface area contributed by atoms with E-state index in [9.17, 15) is 9.59 Å². The van der Waals surface area contributed by atoms with Crippen LogP contribution in [-0.2, 0) is 14.3 Å². The van der Waals surface area contributed by atoms with E-state index in [-0.39, 0.29) is 11.5 Å². The average molecular weight is 263 g/mol. The highest BCUT2D eigenvalue weighted by Gasteiger charge is 2.17. The zero-order valence-electron chi connectivity index (χ0n) is 10.8. The van der Waals surface area contributed by atoms with Crippen LogP contribution in [0.2, 0.25) is 0 Å². The molecule has 0 aliphatic carbocycles. The van der Waals surface area contributed by atoms with Gasteiger partial charge >= 0.3 is 11.9 Å². The topological polar surface area (TPSA) is 85.6 Å². The Bertz CT molecular complexity index is 532. The molecule has 0 saturated carbocycles. The van der Waals surface area contributed by atoms with Crippen LogP contribution >= 0.6 is 0 Å². The van der Waals surface area contributed by atoms with E-state index in [0.717, 1.165) is 0 Å². The highest BCUT2D eigenvalue weighted by atomic mass is 16.6. The van der Waals surface area contributed by atoms with Crippen molar-refractivity contribution < 1.29 is 23.8 Å². The molecule has 1 atom stereocenters. The van der Waals surface area contributed by atoms with E-state index < -0.39 is 18.0 Å². The van der Waals surface area contributed by atoms with Gasteiger partial charge < -0.3 is 14.2 Å². The molecule has 1 aromatic carbocycles. The third-order valence-corrected chi connectivity index (χ3v) is 2.15. The SMILES string of the molecule is COc1cc(C(C#N)OC(C)=O)ccc1OC(C)=O. The number of ether oxygens (including phenoxy) is 3. The van der Waals surface area contributed by atoms with Gasteiger partial charge in [0.05, 0.1) is 7.11 Å². The minimum atomic E-state index is -1.03. The Morgan fingerprint density at radius 3 is 2.37 bits per heavy atom. The fourth-order valence-electron chi connectivity index (χ4n) is 1.42. The van der Waals surface area contributed by atoms with Crippen LogP contribution in [0.5, 0.6) is 11.5 Å². The molecular weight excluding hydrogens is 250 g/mol. The Morgan fingerprint density at radius 1 is 1.21 bits per heavy atom. The summed E-state index contributed by atoms with van der Waals surface area (Å²) >= 11 is 0. The molecular formula is C13H13NO5.